The molecule has 0 aromatic heterocycles. The third-order valence-corrected chi connectivity index (χ3v) is 5.87. The molecule has 0 unspecified atom stereocenters. The summed E-state index contributed by atoms with van der Waals surface area (Å²) in [5, 5.41) is 0. The van der Waals surface area contributed by atoms with Gasteiger partial charge in [0.15, 0.2) is 0 Å². The molecule has 3 nitrogen and oxygen atoms in total. The van der Waals surface area contributed by atoms with E-state index in [-0.39, 0.29) is 11.2 Å². The van der Waals surface area contributed by atoms with Gasteiger partial charge in [0.2, 0.25) is 10.0 Å². The zero-order chi connectivity index (χ0) is 16.3. The highest BCUT2D eigenvalue weighted by atomic mass is 32.2. The average Bonchev–Trinajstić information content (AvgIpc) is 2.46. The van der Waals surface area contributed by atoms with Crippen LogP contribution in [0.1, 0.15) is 30.4 Å². The fourth-order valence-electron chi connectivity index (χ4n) is 3.11. The van der Waals surface area contributed by atoms with Crippen molar-refractivity contribution in [2.45, 2.75) is 30.4 Å². The van der Waals surface area contributed by atoms with Gasteiger partial charge in [-0.25, -0.2) is 17.5 Å². The van der Waals surface area contributed by atoms with E-state index in [1.807, 2.05) is 18.2 Å². The molecule has 0 amide bonds. The molecule has 5 heteroatoms. The first-order valence-corrected chi connectivity index (χ1v) is 9.42. The Morgan fingerprint density at radius 1 is 1.04 bits per heavy atom. The summed E-state index contributed by atoms with van der Waals surface area (Å²) in [5.41, 5.74) is 1.54. The molecule has 122 valence electrons. The van der Waals surface area contributed by atoms with Gasteiger partial charge in [-0.15, -0.1) is 0 Å². The highest BCUT2D eigenvalue weighted by Gasteiger charge is 2.39. The topological polar surface area (TPSA) is 46.2 Å². The van der Waals surface area contributed by atoms with Gasteiger partial charge in [-0.1, -0.05) is 48.9 Å². The molecule has 1 aliphatic carbocycles. The lowest BCUT2D eigenvalue weighted by atomic mass is 9.64. The number of benzene rings is 2. The summed E-state index contributed by atoms with van der Waals surface area (Å²) in [6.45, 7) is 0.397. The maximum atomic E-state index is 13.2. The van der Waals surface area contributed by atoms with Crippen molar-refractivity contribution in [3.8, 4) is 0 Å². The molecule has 0 atom stereocenters. The van der Waals surface area contributed by atoms with Crippen LogP contribution >= 0.6 is 0 Å². The molecule has 2 aromatic rings. The summed E-state index contributed by atoms with van der Waals surface area (Å²) in [5.74, 6) is -0.618. The van der Waals surface area contributed by atoms with Crippen LogP contribution < -0.4 is 4.72 Å². The molecule has 0 aliphatic heterocycles. The average molecular weight is 333 g/mol. The lowest BCUT2D eigenvalue weighted by Crippen LogP contribution is -2.45. The molecule has 0 radical (unpaired) electrons. The smallest absolute Gasteiger partial charge is 0.214 e. The van der Waals surface area contributed by atoms with Crippen molar-refractivity contribution in [3.05, 3.63) is 71.5 Å². The van der Waals surface area contributed by atoms with E-state index in [9.17, 15) is 12.8 Å². The van der Waals surface area contributed by atoms with Gasteiger partial charge < -0.3 is 0 Å². The van der Waals surface area contributed by atoms with Crippen molar-refractivity contribution < 1.29 is 12.8 Å². The summed E-state index contributed by atoms with van der Waals surface area (Å²) < 4.78 is 40.5. The predicted molar refractivity (Wildman–Crippen MR) is 89.0 cm³/mol. The Hall–Kier alpha value is -1.72. The van der Waals surface area contributed by atoms with Gasteiger partial charge >= 0.3 is 0 Å². The van der Waals surface area contributed by atoms with Crippen LogP contribution in [0.4, 0.5) is 4.39 Å². The van der Waals surface area contributed by atoms with Crippen LogP contribution in [0.15, 0.2) is 54.6 Å². The Balaban J connectivity index is 1.69. The Morgan fingerprint density at radius 3 is 2.39 bits per heavy atom. The number of hydrogen-bond acceptors (Lipinski definition) is 2. The number of hydrogen-bond donors (Lipinski definition) is 1. The maximum absolute atomic E-state index is 13.2. The van der Waals surface area contributed by atoms with Gasteiger partial charge in [-0.2, -0.15) is 0 Å². The first-order valence-electron chi connectivity index (χ1n) is 7.76. The molecule has 1 aliphatic rings. The van der Waals surface area contributed by atoms with Crippen molar-refractivity contribution in [1.29, 1.82) is 0 Å². The van der Waals surface area contributed by atoms with Gasteiger partial charge in [0, 0.05) is 12.0 Å². The van der Waals surface area contributed by atoms with Crippen molar-refractivity contribution >= 4 is 10.0 Å². The molecule has 0 spiro atoms. The summed E-state index contributed by atoms with van der Waals surface area (Å²) in [6, 6.07) is 15.8. The first kappa shape index (κ1) is 16.1. The molecule has 2 aromatic carbocycles. The summed E-state index contributed by atoms with van der Waals surface area (Å²) in [6.07, 6.45) is 3.08. The second-order valence-electron chi connectivity index (χ2n) is 6.21. The normalized spacial score (nSPS) is 16.7. The van der Waals surface area contributed by atoms with Crippen LogP contribution in [-0.4, -0.2) is 15.0 Å². The molecule has 1 N–H and O–H groups in total. The Bertz CT molecular complexity index is 771. The molecule has 0 heterocycles. The van der Waals surface area contributed by atoms with Crippen LogP contribution in [0, 0.1) is 5.82 Å². The van der Waals surface area contributed by atoms with E-state index in [0.29, 0.717) is 12.1 Å². The van der Waals surface area contributed by atoms with E-state index >= 15 is 0 Å². The minimum absolute atomic E-state index is 0.101. The van der Waals surface area contributed by atoms with Gasteiger partial charge in [0.25, 0.3) is 0 Å². The van der Waals surface area contributed by atoms with Crippen molar-refractivity contribution in [2.24, 2.45) is 0 Å². The van der Waals surface area contributed by atoms with Gasteiger partial charge in [-0.3, -0.25) is 0 Å². The van der Waals surface area contributed by atoms with E-state index in [0.717, 1.165) is 19.3 Å². The monoisotopic (exact) mass is 333 g/mol. The van der Waals surface area contributed by atoms with E-state index in [1.165, 1.54) is 23.8 Å². The lowest BCUT2D eigenvalue weighted by molar-refractivity contribution is 0.245. The molecular weight excluding hydrogens is 313 g/mol. The summed E-state index contributed by atoms with van der Waals surface area (Å²) in [7, 11) is -3.49. The van der Waals surface area contributed by atoms with Crippen LogP contribution in [0.5, 0.6) is 0 Å². The number of sulfonamides is 1. The van der Waals surface area contributed by atoms with E-state index in [1.54, 1.807) is 6.07 Å². The van der Waals surface area contributed by atoms with Crippen molar-refractivity contribution in [1.82, 2.24) is 4.72 Å². The fourth-order valence-corrected chi connectivity index (χ4v) is 4.32. The Morgan fingerprint density at radius 2 is 1.78 bits per heavy atom. The van der Waals surface area contributed by atoms with Crippen LogP contribution in [-0.2, 0) is 21.2 Å². The first-order chi connectivity index (χ1) is 11.0. The van der Waals surface area contributed by atoms with E-state index in [2.05, 4.69) is 16.9 Å². The molecular formula is C18H20FNO2S. The minimum atomic E-state index is -3.49. The SMILES string of the molecule is O=S(=O)(Cc1cccc(F)c1)NCC1(c2ccccc2)CCC1. The number of halogens is 1. The third kappa shape index (κ3) is 3.79. The largest absolute Gasteiger partial charge is 0.215 e. The highest BCUT2D eigenvalue weighted by Crippen LogP contribution is 2.43. The molecule has 0 bridgehead atoms. The van der Waals surface area contributed by atoms with Gasteiger partial charge in [0.05, 0.1) is 5.75 Å². The van der Waals surface area contributed by atoms with Crippen molar-refractivity contribution in [2.75, 3.05) is 6.54 Å². The Labute approximate surface area is 136 Å². The minimum Gasteiger partial charge on any atom is -0.214 e. The second-order valence-corrected chi connectivity index (χ2v) is 8.02. The third-order valence-electron chi connectivity index (χ3n) is 4.57. The Kier molecular flexibility index (Phi) is 4.50. The highest BCUT2D eigenvalue weighted by molar-refractivity contribution is 7.88. The van der Waals surface area contributed by atoms with E-state index < -0.39 is 15.8 Å². The molecule has 3 rings (SSSR count). The summed E-state index contributed by atoms with van der Waals surface area (Å²) in [4.78, 5) is 0. The van der Waals surface area contributed by atoms with E-state index in [4.69, 9.17) is 0 Å². The molecule has 23 heavy (non-hydrogen) atoms. The van der Waals surface area contributed by atoms with Crippen LogP contribution in [0.25, 0.3) is 0 Å². The summed E-state index contributed by atoms with van der Waals surface area (Å²) >= 11 is 0. The quantitative estimate of drug-likeness (QED) is 0.881. The van der Waals surface area contributed by atoms with Gasteiger partial charge in [-0.05, 0) is 36.1 Å². The number of nitrogens with one attached hydrogen (secondary N) is 1. The van der Waals surface area contributed by atoms with Crippen LogP contribution in [0.2, 0.25) is 0 Å². The fraction of sp³-hybridized carbons (Fsp3) is 0.333. The standard InChI is InChI=1S/C18H20FNO2S/c19-17-9-4-6-15(12-17)13-23(21,22)20-14-18(10-5-11-18)16-7-2-1-3-8-16/h1-4,6-9,12,20H,5,10-11,13-14H2. The maximum Gasteiger partial charge on any atom is 0.215 e. The second kappa shape index (κ2) is 6.42. The van der Waals surface area contributed by atoms with Crippen LogP contribution in [0.3, 0.4) is 0 Å². The van der Waals surface area contributed by atoms with Crippen molar-refractivity contribution in [3.63, 3.8) is 0 Å². The van der Waals surface area contributed by atoms with Gasteiger partial charge in [0.1, 0.15) is 5.82 Å². The molecule has 1 saturated carbocycles. The number of rotatable bonds is 6. The molecule has 0 saturated heterocycles. The zero-order valence-corrected chi connectivity index (χ0v) is 13.7. The molecule has 1 fully saturated rings. The predicted octanol–water partition coefficient (Wildman–Crippen LogP) is 3.37. The lowest BCUT2D eigenvalue weighted by Gasteiger charge is -2.42. The zero-order valence-electron chi connectivity index (χ0n) is 12.8.